The summed E-state index contributed by atoms with van der Waals surface area (Å²) in [4.78, 5) is 25.0. The summed E-state index contributed by atoms with van der Waals surface area (Å²) in [5.74, 6) is 2.84. The summed E-state index contributed by atoms with van der Waals surface area (Å²) >= 11 is 1.43. The van der Waals surface area contributed by atoms with Crippen LogP contribution in [0.4, 0.5) is 5.13 Å². The number of hydrogen-bond donors (Lipinski definition) is 2. The van der Waals surface area contributed by atoms with Crippen LogP contribution in [0.15, 0.2) is 0 Å². The summed E-state index contributed by atoms with van der Waals surface area (Å²) in [5.41, 5.74) is -0.143. The van der Waals surface area contributed by atoms with E-state index in [-0.39, 0.29) is 23.7 Å². The first-order valence-electron chi connectivity index (χ1n) is 10.3. The van der Waals surface area contributed by atoms with E-state index in [9.17, 15) is 9.59 Å². The lowest BCUT2D eigenvalue weighted by atomic mass is 9.49. The van der Waals surface area contributed by atoms with E-state index in [2.05, 4.69) is 34.7 Å². The summed E-state index contributed by atoms with van der Waals surface area (Å²) in [6.07, 6.45) is 8.30. The van der Waals surface area contributed by atoms with Gasteiger partial charge < -0.3 is 10.6 Å². The molecule has 0 spiro atoms. The largest absolute Gasteiger partial charge is 0.355 e. The smallest absolute Gasteiger partial charge is 0.227 e. The van der Waals surface area contributed by atoms with Crippen LogP contribution >= 0.6 is 11.3 Å². The van der Waals surface area contributed by atoms with E-state index in [1.807, 2.05) is 0 Å². The van der Waals surface area contributed by atoms with E-state index >= 15 is 0 Å². The van der Waals surface area contributed by atoms with Crippen LogP contribution in [0.5, 0.6) is 0 Å². The minimum absolute atomic E-state index is 0.118. The van der Waals surface area contributed by atoms with Crippen molar-refractivity contribution in [3.05, 3.63) is 5.01 Å². The van der Waals surface area contributed by atoms with Crippen LogP contribution in [0, 0.1) is 29.1 Å². The number of nitrogens with zero attached hydrogens (tertiary/aromatic N) is 2. The molecular formula is C20H30N4O2S. The molecule has 0 radical (unpaired) electrons. The molecule has 4 aliphatic carbocycles. The molecule has 6 nitrogen and oxygen atoms in total. The van der Waals surface area contributed by atoms with E-state index in [1.165, 1.54) is 30.6 Å². The summed E-state index contributed by atoms with van der Waals surface area (Å²) in [7, 11) is 0. The number of hydrogen-bond acceptors (Lipinski definition) is 5. The van der Waals surface area contributed by atoms with Gasteiger partial charge in [-0.1, -0.05) is 25.2 Å². The Kier molecular flexibility index (Phi) is 5.23. The SMILES string of the molecule is CC(C)Cc1nnc(NC(=O)CCNC(=O)C23CC4CC(CC(C4)C2)C3)s1. The van der Waals surface area contributed by atoms with Crippen LogP contribution in [0.25, 0.3) is 0 Å². The van der Waals surface area contributed by atoms with Crippen molar-refractivity contribution in [3.63, 3.8) is 0 Å². The molecule has 0 unspecified atom stereocenters. The number of nitrogens with one attached hydrogen (secondary N) is 2. The van der Waals surface area contributed by atoms with E-state index in [4.69, 9.17) is 0 Å². The van der Waals surface area contributed by atoms with Gasteiger partial charge in [-0.15, -0.1) is 10.2 Å². The van der Waals surface area contributed by atoms with Gasteiger partial charge in [0.2, 0.25) is 16.9 Å². The number of carbonyl (C=O) groups excluding carboxylic acids is 2. The van der Waals surface area contributed by atoms with Crippen molar-refractivity contribution in [2.45, 2.75) is 65.2 Å². The van der Waals surface area contributed by atoms with Crippen LogP contribution in [-0.2, 0) is 16.0 Å². The highest BCUT2D eigenvalue weighted by Gasteiger charge is 2.54. The first kappa shape index (κ1) is 18.8. The Bertz CT molecular complexity index is 679. The molecular weight excluding hydrogens is 360 g/mol. The quantitative estimate of drug-likeness (QED) is 0.747. The van der Waals surface area contributed by atoms with Crippen molar-refractivity contribution >= 4 is 28.3 Å². The molecule has 148 valence electrons. The van der Waals surface area contributed by atoms with Gasteiger partial charge in [-0.2, -0.15) is 0 Å². The summed E-state index contributed by atoms with van der Waals surface area (Å²) in [5, 5.41) is 15.5. The molecule has 4 fully saturated rings. The van der Waals surface area contributed by atoms with E-state index in [0.717, 1.165) is 48.4 Å². The number of amides is 2. The molecule has 2 amide bonds. The lowest BCUT2D eigenvalue weighted by molar-refractivity contribution is -0.146. The van der Waals surface area contributed by atoms with Gasteiger partial charge in [-0.05, 0) is 62.2 Å². The van der Waals surface area contributed by atoms with E-state index < -0.39 is 0 Å². The Hall–Kier alpha value is -1.50. The topological polar surface area (TPSA) is 84.0 Å². The molecule has 0 saturated heterocycles. The summed E-state index contributed by atoms with van der Waals surface area (Å²) in [6, 6.07) is 0. The second-order valence-corrected chi connectivity index (χ2v) is 10.4. The third-order valence-electron chi connectivity index (χ3n) is 6.45. The predicted molar refractivity (Wildman–Crippen MR) is 105 cm³/mol. The zero-order valence-corrected chi connectivity index (χ0v) is 17.1. The lowest BCUT2D eigenvalue weighted by Gasteiger charge is -2.55. The maximum absolute atomic E-state index is 12.9. The third kappa shape index (κ3) is 4.18. The fourth-order valence-electron chi connectivity index (χ4n) is 5.78. The van der Waals surface area contributed by atoms with Gasteiger partial charge in [0, 0.05) is 24.8 Å². The molecule has 2 N–H and O–H groups in total. The van der Waals surface area contributed by atoms with Gasteiger partial charge in [-0.3, -0.25) is 9.59 Å². The van der Waals surface area contributed by atoms with Gasteiger partial charge in [-0.25, -0.2) is 0 Å². The molecule has 0 atom stereocenters. The highest BCUT2D eigenvalue weighted by Crippen LogP contribution is 2.60. The second kappa shape index (κ2) is 7.49. The minimum Gasteiger partial charge on any atom is -0.355 e. The lowest BCUT2D eigenvalue weighted by Crippen LogP contribution is -2.53. The van der Waals surface area contributed by atoms with Crippen molar-refractivity contribution in [1.82, 2.24) is 15.5 Å². The van der Waals surface area contributed by atoms with Crippen LogP contribution in [0.3, 0.4) is 0 Å². The van der Waals surface area contributed by atoms with Crippen molar-refractivity contribution in [2.75, 3.05) is 11.9 Å². The molecule has 1 aromatic heterocycles. The van der Waals surface area contributed by atoms with Crippen molar-refractivity contribution < 1.29 is 9.59 Å². The highest BCUT2D eigenvalue weighted by atomic mass is 32.1. The van der Waals surface area contributed by atoms with Gasteiger partial charge in [0.1, 0.15) is 5.01 Å². The fraction of sp³-hybridized carbons (Fsp3) is 0.800. The molecule has 0 aromatic carbocycles. The van der Waals surface area contributed by atoms with Crippen LogP contribution in [0.1, 0.15) is 63.8 Å². The van der Waals surface area contributed by atoms with Crippen LogP contribution in [0.2, 0.25) is 0 Å². The second-order valence-electron chi connectivity index (χ2n) is 9.35. The molecule has 4 bridgehead atoms. The Morgan fingerprint density at radius 2 is 1.74 bits per heavy atom. The maximum atomic E-state index is 12.9. The molecule has 4 aliphatic rings. The molecule has 5 rings (SSSR count). The number of carbonyl (C=O) groups is 2. The monoisotopic (exact) mass is 390 g/mol. The van der Waals surface area contributed by atoms with Crippen LogP contribution < -0.4 is 10.6 Å². The molecule has 0 aliphatic heterocycles. The molecule has 7 heteroatoms. The first-order valence-corrected chi connectivity index (χ1v) is 11.1. The van der Waals surface area contributed by atoms with Crippen molar-refractivity contribution in [3.8, 4) is 0 Å². The zero-order chi connectivity index (χ0) is 19.0. The van der Waals surface area contributed by atoms with Gasteiger partial charge in [0.15, 0.2) is 0 Å². The normalized spacial score (nSPS) is 31.3. The number of rotatable bonds is 7. The zero-order valence-electron chi connectivity index (χ0n) is 16.3. The Morgan fingerprint density at radius 1 is 1.11 bits per heavy atom. The number of aromatic nitrogens is 2. The summed E-state index contributed by atoms with van der Waals surface area (Å²) in [6.45, 7) is 4.66. The van der Waals surface area contributed by atoms with Crippen molar-refractivity contribution in [2.24, 2.45) is 29.1 Å². The van der Waals surface area contributed by atoms with E-state index in [1.54, 1.807) is 0 Å². The molecule has 1 heterocycles. The predicted octanol–water partition coefficient (Wildman–Crippen LogP) is 3.40. The van der Waals surface area contributed by atoms with Gasteiger partial charge >= 0.3 is 0 Å². The number of anilines is 1. The highest BCUT2D eigenvalue weighted by molar-refractivity contribution is 7.15. The first-order chi connectivity index (χ1) is 12.9. The third-order valence-corrected chi connectivity index (χ3v) is 7.31. The fourth-order valence-corrected chi connectivity index (χ4v) is 6.75. The van der Waals surface area contributed by atoms with Gasteiger partial charge in [0.25, 0.3) is 0 Å². The minimum atomic E-state index is -0.143. The Morgan fingerprint density at radius 3 is 2.33 bits per heavy atom. The Balaban J connectivity index is 1.23. The molecule has 4 saturated carbocycles. The molecule has 27 heavy (non-hydrogen) atoms. The van der Waals surface area contributed by atoms with E-state index in [0.29, 0.717) is 17.6 Å². The average molecular weight is 391 g/mol. The molecule has 1 aromatic rings. The van der Waals surface area contributed by atoms with Gasteiger partial charge in [0.05, 0.1) is 0 Å². The Labute approximate surface area is 164 Å². The standard InChI is InChI=1S/C20H30N4O2S/c1-12(2)5-17-23-24-19(27-17)22-16(25)3-4-21-18(26)20-9-13-6-14(10-20)8-15(7-13)11-20/h12-15H,3-11H2,1-2H3,(H,21,26)(H,22,24,25). The average Bonchev–Trinajstić information content (AvgIpc) is 2.99. The van der Waals surface area contributed by atoms with Crippen molar-refractivity contribution in [1.29, 1.82) is 0 Å². The maximum Gasteiger partial charge on any atom is 0.227 e. The van der Waals surface area contributed by atoms with Crippen LogP contribution in [-0.4, -0.2) is 28.6 Å². The summed E-state index contributed by atoms with van der Waals surface area (Å²) < 4.78 is 0.